The van der Waals surface area contributed by atoms with Gasteiger partial charge >= 0.3 is 0 Å². The van der Waals surface area contributed by atoms with E-state index in [1.165, 1.54) is 28.9 Å². The number of hydrogen-bond acceptors (Lipinski definition) is 6. The highest BCUT2D eigenvalue weighted by atomic mass is 32.2. The van der Waals surface area contributed by atoms with Crippen LogP contribution < -0.4 is 0 Å². The first-order valence-electron chi connectivity index (χ1n) is 8.44. The summed E-state index contributed by atoms with van der Waals surface area (Å²) in [6, 6.07) is 14.4. The van der Waals surface area contributed by atoms with Gasteiger partial charge in [-0.1, -0.05) is 39.0 Å². The molecule has 1 aromatic heterocycles. The van der Waals surface area contributed by atoms with Crippen molar-refractivity contribution in [2.75, 3.05) is 0 Å². The van der Waals surface area contributed by atoms with Gasteiger partial charge in [-0.3, -0.25) is 4.55 Å². The fourth-order valence-electron chi connectivity index (χ4n) is 2.54. The molecule has 0 spiro atoms. The van der Waals surface area contributed by atoms with Gasteiger partial charge in [0.2, 0.25) is 5.88 Å². The Morgan fingerprint density at radius 3 is 2.11 bits per heavy atom. The van der Waals surface area contributed by atoms with Gasteiger partial charge in [-0.2, -0.15) is 23.3 Å². The van der Waals surface area contributed by atoms with Crippen molar-refractivity contribution < 1.29 is 18.1 Å². The average Bonchev–Trinajstić information content (AvgIpc) is 2.97. The summed E-state index contributed by atoms with van der Waals surface area (Å²) in [5.41, 5.74) is 1.38. The third-order valence-corrected chi connectivity index (χ3v) is 4.82. The van der Waals surface area contributed by atoms with Crippen molar-refractivity contribution in [2.45, 2.75) is 31.1 Å². The van der Waals surface area contributed by atoms with Crippen LogP contribution in [0.1, 0.15) is 26.5 Å². The molecule has 0 aliphatic rings. The van der Waals surface area contributed by atoms with Crippen LogP contribution in [-0.4, -0.2) is 27.9 Å². The molecule has 28 heavy (non-hydrogen) atoms. The van der Waals surface area contributed by atoms with Gasteiger partial charge in [0.1, 0.15) is 0 Å². The first kappa shape index (κ1) is 19.7. The molecule has 9 heteroatoms. The molecular formula is C19H20N4O4S. The molecule has 3 aromatic rings. The van der Waals surface area contributed by atoms with Crippen LogP contribution in [0.4, 0.5) is 11.4 Å². The van der Waals surface area contributed by atoms with Crippen LogP contribution in [0.5, 0.6) is 5.88 Å². The van der Waals surface area contributed by atoms with Crippen molar-refractivity contribution in [3.05, 3.63) is 60.3 Å². The summed E-state index contributed by atoms with van der Waals surface area (Å²) < 4.78 is 32.8. The van der Waals surface area contributed by atoms with Gasteiger partial charge in [0, 0.05) is 5.41 Å². The largest absolute Gasteiger partial charge is 0.492 e. The van der Waals surface area contributed by atoms with Gasteiger partial charge < -0.3 is 5.11 Å². The molecule has 0 saturated carbocycles. The number of rotatable bonds is 4. The molecule has 0 amide bonds. The van der Waals surface area contributed by atoms with E-state index in [-0.39, 0.29) is 16.5 Å². The summed E-state index contributed by atoms with van der Waals surface area (Å²) in [4.78, 5) is -0.247. The van der Waals surface area contributed by atoms with Crippen LogP contribution in [0.25, 0.3) is 5.69 Å². The predicted molar refractivity (Wildman–Crippen MR) is 104 cm³/mol. The van der Waals surface area contributed by atoms with Gasteiger partial charge in [-0.25, -0.2) is 0 Å². The van der Waals surface area contributed by atoms with Crippen LogP contribution >= 0.6 is 0 Å². The van der Waals surface area contributed by atoms with Crippen LogP contribution in [0, 0.1) is 0 Å². The van der Waals surface area contributed by atoms with Crippen LogP contribution in [-0.2, 0) is 15.5 Å². The highest BCUT2D eigenvalue weighted by molar-refractivity contribution is 7.85. The van der Waals surface area contributed by atoms with E-state index in [0.717, 1.165) is 0 Å². The van der Waals surface area contributed by atoms with E-state index < -0.39 is 15.5 Å². The van der Waals surface area contributed by atoms with Crippen LogP contribution in [0.2, 0.25) is 0 Å². The van der Waals surface area contributed by atoms with E-state index in [1.54, 1.807) is 12.1 Å². The zero-order chi connectivity index (χ0) is 20.5. The summed E-state index contributed by atoms with van der Waals surface area (Å²) in [5, 5.41) is 23.5. The lowest BCUT2D eigenvalue weighted by Crippen LogP contribution is -2.13. The van der Waals surface area contributed by atoms with E-state index in [1.807, 2.05) is 39.0 Å². The molecule has 0 bridgehead atoms. The molecule has 0 aliphatic heterocycles. The molecule has 0 unspecified atom stereocenters. The Balaban J connectivity index is 2.09. The second-order valence-electron chi connectivity index (χ2n) is 7.19. The molecule has 0 atom stereocenters. The van der Waals surface area contributed by atoms with Crippen molar-refractivity contribution >= 4 is 21.5 Å². The van der Waals surface area contributed by atoms with Gasteiger partial charge in [-0.05, 0) is 36.4 Å². The van der Waals surface area contributed by atoms with Crippen molar-refractivity contribution in [1.29, 1.82) is 0 Å². The van der Waals surface area contributed by atoms with E-state index in [9.17, 15) is 13.5 Å². The SMILES string of the molecule is CC(C)(C)c1nn(-c2ccc(S(=O)(=O)O)cc2)c(O)c1/N=N/c1ccccc1. The summed E-state index contributed by atoms with van der Waals surface area (Å²) in [7, 11) is -4.30. The number of aromatic nitrogens is 2. The topological polar surface area (TPSA) is 117 Å². The molecular weight excluding hydrogens is 380 g/mol. The quantitative estimate of drug-likeness (QED) is 0.492. The van der Waals surface area contributed by atoms with Gasteiger partial charge in [0.15, 0.2) is 5.69 Å². The highest BCUT2D eigenvalue weighted by Gasteiger charge is 2.28. The molecule has 3 rings (SSSR count). The number of benzene rings is 2. The van der Waals surface area contributed by atoms with Gasteiger partial charge in [0.05, 0.1) is 22.0 Å². The summed E-state index contributed by atoms with van der Waals surface area (Å²) >= 11 is 0. The molecule has 146 valence electrons. The standard InChI is InChI=1S/C19H20N4O4S/c1-19(2,3)17-16(21-20-13-7-5-4-6-8-13)18(24)23(22-17)14-9-11-15(12-10-14)28(25,26)27/h4-12,24H,1-3H3,(H,25,26,27)/b21-20+. The molecule has 0 radical (unpaired) electrons. The first-order chi connectivity index (χ1) is 13.1. The fourth-order valence-corrected chi connectivity index (χ4v) is 3.02. The van der Waals surface area contributed by atoms with Gasteiger partial charge in [-0.15, -0.1) is 5.11 Å². The van der Waals surface area contributed by atoms with E-state index >= 15 is 0 Å². The number of aromatic hydroxyl groups is 1. The normalized spacial score (nSPS) is 12.6. The maximum atomic E-state index is 11.2. The number of nitrogens with zero attached hydrogens (tertiary/aromatic N) is 4. The minimum absolute atomic E-state index is 0.218. The molecule has 2 aromatic carbocycles. The molecule has 8 nitrogen and oxygen atoms in total. The smallest absolute Gasteiger partial charge is 0.294 e. The Labute approximate surface area is 162 Å². The third-order valence-electron chi connectivity index (χ3n) is 3.95. The van der Waals surface area contributed by atoms with Crippen LogP contribution in [0.3, 0.4) is 0 Å². The highest BCUT2D eigenvalue weighted by Crippen LogP contribution is 2.40. The van der Waals surface area contributed by atoms with Crippen molar-refractivity contribution in [1.82, 2.24) is 9.78 Å². The monoisotopic (exact) mass is 400 g/mol. The number of hydrogen-bond donors (Lipinski definition) is 2. The Bertz CT molecular complexity index is 1110. The van der Waals surface area contributed by atoms with E-state index in [4.69, 9.17) is 4.55 Å². The van der Waals surface area contributed by atoms with Gasteiger partial charge in [0.25, 0.3) is 10.1 Å². The molecule has 0 aliphatic carbocycles. The average molecular weight is 400 g/mol. The first-order valence-corrected chi connectivity index (χ1v) is 9.88. The Kier molecular flexibility index (Phi) is 5.05. The van der Waals surface area contributed by atoms with E-state index in [0.29, 0.717) is 17.1 Å². The summed E-state index contributed by atoms with van der Waals surface area (Å²) in [6.45, 7) is 5.80. The molecule has 1 heterocycles. The minimum atomic E-state index is -4.30. The molecule has 0 fully saturated rings. The lowest BCUT2D eigenvalue weighted by Gasteiger charge is -2.15. The zero-order valence-corrected chi connectivity index (χ0v) is 16.4. The zero-order valence-electron chi connectivity index (χ0n) is 15.6. The Morgan fingerprint density at radius 2 is 1.57 bits per heavy atom. The lowest BCUT2D eigenvalue weighted by molar-refractivity contribution is 0.434. The second kappa shape index (κ2) is 7.17. The fraction of sp³-hybridized carbons (Fsp3) is 0.211. The third kappa shape index (κ3) is 4.10. The number of azo groups is 1. The summed E-state index contributed by atoms with van der Waals surface area (Å²) in [6.07, 6.45) is 0. The Morgan fingerprint density at radius 1 is 0.964 bits per heavy atom. The van der Waals surface area contributed by atoms with E-state index in [2.05, 4.69) is 15.3 Å². The lowest BCUT2D eigenvalue weighted by atomic mass is 9.91. The van der Waals surface area contributed by atoms with Crippen molar-refractivity contribution in [3.8, 4) is 11.6 Å². The van der Waals surface area contributed by atoms with Crippen molar-refractivity contribution in [3.63, 3.8) is 0 Å². The second-order valence-corrected chi connectivity index (χ2v) is 8.61. The Hall–Kier alpha value is -3.04. The summed E-state index contributed by atoms with van der Waals surface area (Å²) in [5.74, 6) is -0.218. The maximum Gasteiger partial charge on any atom is 0.294 e. The molecule has 2 N–H and O–H groups in total. The predicted octanol–water partition coefficient (Wildman–Crippen LogP) is 4.54. The minimum Gasteiger partial charge on any atom is -0.492 e. The maximum absolute atomic E-state index is 11.2. The van der Waals surface area contributed by atoms with Crippen molar-refractivity contribution in [2.24, 2.45) is 10.2 Å². The molecule has 0 saturated heterocycles. The van der Waals surface area contributed by atoms with Crippen LogP contribution in [0.15, 0.2) is 69.7 Å².